The fourth-order valence-electron chi connectivity index (χ4n) is 3.69. The van der Waals surface area contributed by atoms with Crippen LogP contribution in [0.2, 0.25) is 0 Å². The maximum atomic E-state index is 13.1. The summed E-state index contributed by atoms with van der Waals surface area (Å²) in [7, 11) is 2.08. The Labute approximate surface area is 144 Å². The summed E-state index contributed by atoms with van der Waals surface area (Å²) >= 11 is 0. The van der Waals surface area contributed by atoms with Crippen LogP contribution in [0.4, 0.5) is 5.69 Å². The van der Waals surface area contributed by atoms with Crippen LogP contribution >= 0.6 is 0 Å². The molecule has 0 bridgehead atoms. The van der Waals surface area contributed by atoms with Crippen molar-refractivity contribution in [3.8, 4) is 0 Å². The van der Waals surface area contributed by atoms with Crippen molar-refractivity contribution in [1.29, 1.82) is 0 Å². The van der Waals surface area contributed by atoms with Crippen LogP contribution in [0.15, 0.2) is 24.3 Å². The molecule has 0 N–H and O–H groups in total. The van der Waals surface area contributed by atoms with Crippen molar-refractivity contribution < 1.29 is 9.59 Å². The van der Waals surface area contributed by atoms with Gasteiger partial charge in [-0.15, -0.1) is 0 Å². The van der Waals surface area contributed by atoms with E-state index in [9.17, 15) is 9.59 Å². The Balaban J connectivity index is 1.88. The highest BCUT2D eigenvalue weighted by molar-refractivity contribution is 6.01. The number of nitrogens with zero attached hydrogens (tertiary/aromatic N) is 3. The SMILES string of the molecule is CC[C@H](C(=O)N1CCN(C)CC1)N1C(=O)CCCc2ccccc21. The van der Waals surface area contributed by atoms with E-state index in [2.05, 4.69) is 18.0 Å². The molecule has 2 aliphatic heterocycles. The lowest BCUT2D eigenvalue weighted by Crippen LogP contribution is -2.55. The number of anilines is 1. The Morgan fingerprint density at radius 2 is 1.83 bits per heavy atom. The summed E-state index contributed by atoms with van der Waals surface area (Å²) in [5, 5.41) is 0. The molecule has 0 aliphatic carbocycles. The van der Waals surface area contributed by atoms with E-state index < -0.39 is 0 Å². The minimum atomic E-state index is -0.389. The number of carbonyl (C=O) groups is 2. The fraction of sp³-hybridized carbons (Fsp3) is 0.579. The monoisotopic (exact) mass is 329 g/mol. The maximum Gasteiger partial charge on any atom is 0.245 e. The highest BCUT2D eigenvalue weighted by atomic mass is 16.2. The molecule has 2 heterocycles. The summed E-state index contributed by atoms with van der Waals surface area (Å²) < 4.78 is 0. The molecular formula is C19H27N3O2. The number of fused-ring (bicyclic) bond motifs is 1. The molecule has 1 fully saturated rings. The predicted octanol–water partition coefficient (Wildman–Crippen LogP) is 1.91. The van der Waals surface area contributed by atoms with E-state index in [1.165, 1.54) is 5.56 Å². The first-order valence-electron chi connectivity index (χ1n) is 8.99. The summed E-state index contributed by atoms with van der Waals surface area (Å²) in [6, 6.07) is 7.64. The Morgan fingerprint density at radius 3 is 2.54 bits per heavy atom. The van der Waals surface area contributed by atoms with Crippen molar-refractivity contribution in [3.63, 3.8) is 0 Å². The number of amides is 2. The number of likely N-dealkylation sites (N-methyl/N-ethyl adjacent to an activating group) is 1. The van der Waals surface area contributed by atoms with Crippen LogP contribution in [0.5, 0.6) is 0 Å². The average molecular weight is 329 g/mol. The van der Waals surface area contributed by atoms with E-state index in [-0.39, 0.29) is 17.9 Å². The van der Waals surface area contributed by atoms with Crippen molar-refractivity contribution in [2.24, 2.45) is 0 Å². The van der Waals surface area contributed by atoms with E-state index in [4.69, 9.17) is 0 Å². The summed E-state index contributed by atoms with van der Waals surface area (Å²) in [6.45, 7) is 5.28. The van der Waals surface area contributed by atoms with Crippen molar-refractivity contribution in [1.82, 2.24) is 9.80 Å². The van der Waals surface area contributed by atoms with Crippen molar-refractivity contribution in [2.75, 3.05) is 38.1 Å². The van der Waals surface area contributed by atoms with Gasteiger partial charge in [0.2, 0.25) is 11.8 Å². The zero-order valence-electron chi connectivity index (χ0n) is 14.7. The third-order valence-electron chi connectivity index (χ3n) is 5.15. The second-order valence-corrected chi connectivity index (χ2v) is 6.80. The summed E-state index contributed by atoms with van der Waals surface area (Å²) in [6.07, 6.45) is 2.91. The lowest BCUT2D eigenvalue weighted by molar-refractivity contribution is -0.136. The number of benzene rings is 1. The molecule has 0 aromatic heterocycles. The third-order valence-corrected chi connectivity index (χ3v) is 5.15. The van der Waals surface area contributed by atoms with Crippen molar-refractivity contribution in [2.45, 2.75) is 38.6 Å². The Bertz CT molecular complexity index is 608. The topological polar surface area (TPSA) is 43.9 Å². The van der Waals surface area contributed by atoms with E-state index in [1.54, 1.807) is 4.90 Å². The normalized spacial score (nSPS) is 20.5. The van der Waals surface area contributed by atoms with Crippen molar-refractivity contribution in [3.05, 3.63) is 29.8 Å². The van der Waals surface area contributed by atoms with E-state index in [0.29, 0.717) is 12.8 Å². The number of piperazine rings is 1. The first-order valence-corrected chi connectivity index (χ1v) is 8.99. The number of hydrogen-bond acceptors (Lipinski definition) is 3. The Morgan fingerprint density at radius 1 is 1.12 bits per heavy atom. The molecule has 24 heavy (non-hydrogen) atoms. The van der Waals surface area contributed by atoms with Crippen LogP contribution in [-0.2, 0) is 16.0 Å². The minimum absolute atomic E-state index is 0.0780. The third kappa shape index (κ3) is 3.31. The van der Waals surface area contributed by atoms with Crippen molar-refractivity contribution >= 4 is 17.5 Å². The van der Waals surface area contributed by atoms with E-state index >= 15 is 0 Å². The molecule has 2 aliphatic rings. The quantitative estimate of drug-likeness (QED) is 0.851. The van der Waals surface area contributed by atoms with Gasteiger partial charge in [0, 0.05) is 38.3 Å². The first kappa shape index (κ1) is 17.0. The van der Waals surface area contributed by atoms with Gasteiger partial charge in [0.25, 0.3) is 0 Å². The van der Waals surface area contributed by atoms with Gasteiger partial charge in [0.05, 0.1) is 0 Å². The molecule has 0 spiro atoms. The number of rotatable bonds is 3. The van der Waals surface area contributed by atoms with Gasteiger partial charge < -0.3 is 9.80 Å². The van der Waals surface area contributed by atoms with Gasteiger partial charge in [0.1, 0.15) is 6.04 Å². The number of aryl methyl sites for hydroxylation is 1. The second-order valence-electron chi connectivity index (χ2n) is 6.80. The molecule has 5 heteroatoms. The molecule has 2 amide bonds. The maximum absolute atomic E-state index is 13.1. The molecule has 0 saturated carbocycles. The summed E-state index contributed by atoms with van der Waals surface area (Å²) in [4.78, 5) is 31.8. The second kappa shape index (κ2) is 7.34. The molecule has 0 radical (unpaired) electrons. The molecule has 5 nitrogen and oxygen atoms in total. The van der Waals surface area contributed by atoms with Crippen LogP contribution in [-0.4, -0.2) is 60.9 Å². The van der Waals surface area contributed by atoms with Gasteiger partial charge in [-0.3, -0.25) is 14.5 Å². The van der Waals surface area contributed by atoms with Gasteiger partial charge in [-0.25, -0.2) is 0 Å². The molecular weight excluding hydrogens is 302 g/mol. The van der Waals surface area contributed by atoms with Crippen LogP contribution in [0, 0.1) is 0 Å². The highest BCUT2D eigenvalue weighted by Gasteiger charge is 2.35. The highest BCUT2D eigenvalue weighted by Crippen LogP contribution is 2.30. The van der Waals surface area contributed by atoms with Crippen LogP contribution < -0.4 is 4.90 Å². The van der Waals surface area contributed by atoms with Crippen LogP contribution in [0.3, 0.4) is 0 Å². The van der Waals surface area contributed by atoms with E-state index in [1.807, 2.05) is 30.0 Å². The fourth-order valence-corrected chi connectivity index (χ4v) is 3.69. The van der Waals surface area contributed by atoms with Gasteiger partial charge in [-0.2, -0.15) is 0 Å². The summed E-state index contributed by atoms with van der Waals surface area (Å²) in [5.74, 6) is 0.171. The van der Waals surface area contributed by atoms with Crippen LogP contribution in [0.1, 0.15) is 31.7 Å². The Hall–Kier alpha value is -1.88. The van der Waals surface area contributed by atoms with Gasteiger partial charge in [-0.05, 0) is 37.9 Å². The molecule has 1 aromatic rings. The molecule has 0 unspecified atom stereocenters. The Kier molecular flexibility index (Phi) is 5.19. The number of hydrogen-bond donors (Lipinski definition) is 0. The van der Waals surface area contributed by atoms with E-state index in [0.717, 1.165) is 44.7 Å². The lowest BCUT2D eigenvalue weighted by atomic mass is 10.1. The largest absolute Gasteiger partial charge is 0.338 e. The van der Waals surface area contributed by atoms with Gasteiger partial charge in [-0.1, -0.05) is 25.1 Å². The van der Waals surface area contributed by atoms with Gasteiger partial charge in [0.15, 0.2) is 0 Å². The smallest absolute Gasteiger partial charge is 0.245 e. The molecule has 1 aromatic carbocycles. The van der Waals surface area contributed by atoms with Crippen LogP contribution in [0.25, 0.3) is 0 Å². The standard InChI is InChI=1S/C19H27N3O2/c1-3-16(19(24)21-13-11-20(2)12-14-21)22-17-9-5-4-7-15(17)8-6-10-18(22)23/h4-5,7,9,16H,3,6,8,10-14H2,1-2H3/t16-/m1/s1. The minimum Gasteiger partial charge on any atom is -0.338 e. The first-order chi connectivity index (χ1) is 11.6. The lowest BCUT2D eigenvalue weighted by Gasteiger charge is -2.38. The summed E-state index contributed by atoms with van der Waals surface area (Å²) in [5.41, 5.74) is 2.10. The zero-order chi connectivity index (χ0) is 17.1. The number of carbonyl (C=O) groups excluding carboxylic acids is 2. The van der Waals surface area contributed by atoms with Gasteiger partial charge >= 0.3 is 0 Å². The number of para-hydroxylation sites is 1. The predicted molar refractivity (Wildman–Crippen MR) is 95.0 cm³/mol. The molecule has 130 valence electrons. The molecule has 1 saturated heterocycles. The molecule has 3 rings (SSSR count). The molecule has 1 atom stereocenters. The zero-order valence-corrected chi connectivity index (χ0v) is 14.7. The average Bonchev–Trinajstić information content (AvgIpc) is 2.75.